The van der Waals surface area contributed by atoms with Crippen LogP contribution in [0.15, 0.2) is 0 Å². The van der Waals surface area contributed by atoms with Gasteiger partial charge in [0.2, 0.25) is 5.95 Å². The summed E-state index contributed by atoms with van der Waals surface area (Å²) in [7, 11) is 0. The van der Waals surface area contributed by atoms with E-state index in [9.17, 15) is 0 Å². The molecule has 0 aromatic carbocycles. The number of ether oxygens (including phenoxy) is 2. The highest BCUT2D eigenvalue weighted by molar-refractivity contribution is 5.34. The standard InChI is InChI=1S/C16H26N4O2/c1-2-20-14(13-6-3-4-10-21-13)17-18-15(20)19-9-11-22-16(12-19)7-5-8-16/h13H,2-12H2,1H3. The molecule has 22 heavy (non-hydrogen) atoms. The van der Waals surface area contributed by atoms with Crippen LogP contribution in [0, 0.1) is 0 Å². The summed E-state index contributed by atoms with van der Waals surface area (Å²) in [6, 6.07) is 0. The molecule has 0 N–H and O–H groups in total. The summed E-state index contributed by atoms with van der Waals surface area (Å²) in [6.07, 6.45) is 7.21. The Morgan fingerprint density at radius 1 is 1.18 bits per heavy atom. The highest BCUT2D eigenvalue weighted by Gasteiger charge is 2.43. The fraction of sp³-hybridized carbons (Fsp3) is 0.875. The second-order valence-corrected chi connectivity index (χ2v) is 6.76. The molecular formula is C16H26N4O2. The summed E-state index contributed by atoms with van der Waals surface area (Å²) in [6.45, 7) is 6.56. The third-order valence-corrected chi connectivity index (χ3v) is 5.34. The van der Waals surface area contributed by atoms with Crippen molar-refractivity contribution in [2.75, 3.05) is 31.2 Å². The van der Waals surface area contributed by atoms with Gasteiger partial charge in [-0.15, -0.1) is 10.2 Å². The quantitative estimate of drug-likeness (QED) is 0.857. The van der Waals surface area contributed by atoms with Crippen molar-refractivity contribution in [3.8, 4) is 0 Å². The third-order valence-electron chi connectivity index (χ3n) is 5.34. The van der Waals surface area contributed by atoms with E-state index in [4.69, 9.17) is 9.47 Å². The fourth-order valence-corrected chi connectivity index (χ4v) is 3.92. The molecule has 3 fully saturated rings. The summed E-state index contributed by atoms with van der Waals surface area (Å²) >= 11 is 0. The van der Waals surface area contributed by atoms with Crippen LogP contribution in [0.5, 0.6) is 0 Å². The lowest BCUT2D eigenvalue weighted by Gasteiger charge is -2.48. The molecular weight excluding hydrogens is 280 g/mol. The summed E-state index contributed by atoms with van der Waals surface area (Å²) in [5, 5.41) is 9.00. The first kappa shape index (κ1) is 14.5. The lowest BCUT2D eigenvalue weighted by molar-refractivity contribution is -0.107. The molecule has 4 rings (SSSR count). The Morgan fingerprint density at radius 2 is 2.09 bits per heavy atom. The first-order valence-corrected chi connectivity index (χ1v) is 8.75. The predicted octanol–water partition coefficient (Wildman–Crippen LogP) is 2.30. The van der Waals surface area contributed by atoms with Crippen molar-refractivity contribution in [2.24, 2.45) is 0 Å². The van der Waals surface area contributed by atoms with Gasteiger partial charge in [-0.3, -0.25) is 4.57 Å². The van der Waals surface area contributed by atoms with E-state index in [0.29, 0.717) is 0 Å². The van der Waals surface area contributed by atoms with Gasteiger partial charge >= 0.3 is 0 Å². The zero-order valence-corrected chi connectivity index (χ0v) is 13.5. The van der Waals surface area contributed by atoms with Crippen molar-refractivity contribution >= 4 is 5.95 Å². The second-order valence-electron chi connectivity index (χ2n) is 6.76. The zero-order valence-electron chi connectivity index (χ0n) is 13.5. The molecule has 0 amide bonds. The summed E-state index contributed by atoms with van der Waals surface area (Å²) in [5.74, 6) is 2.01. The van der Waals surface area contributed by atoms with Crippen molar-refractivity contribution in [3.05, 3.63) is 5.82 Å². The molecule has 2 aliphatic heterocycles. The topological polar surface area (TPSA) is 52.4 Å². The van der Waals surface area contributed by atoms with Crippen molar-refractivity contribution in [3.63, 3.8) is 0 Å². The van der Waals surface area contributed by atoms with Crippen LogP contribution in [0.4, 0.5) is 5.95 Å². The maximum Gasteiger partial charge on any atom is 0.227 e. The molecule has 1 aromatic rings. The highest BCUT2D eigenvalue weighted by atomic mass is 16.5. The average molecular weight is 306 g/mol. The Hall–Kier alpha value is -1.14. The molecule has 0 radical (unpaired) electrons. The first-order chi connectivity index (χ1) is 10.8. The van der Waals surface area contributed by atoms with E-state index < -0.39 is 0 Å². The highest BCUT2D eigenvalue weighted by Crippen LogP contribution is 2.39. The van der Waals surface area contributed by atoms with Crippen molar-refractivity contribution in [1.82, 2.24) is 14.8 Å². The third kappa shape index (κ3) is 2.42. The van der Waals surface area contributed by atoms with E-state index in [0.717, 1.165) is 57.5 Å². The Labute approximate surface area is 131 Å². The van der Waals surface area contributed by atoms with Gasteiger partial charge in [0, 0.05) is 26.2 Å². The van der Waals surface area contributed by atoms with Gasteiger partial charge in [0.1, 0.15) is 6.10 Å². The van der Waals surface area contributed by atoms with Gasteiger partial charge in [-0.2, -0.15) is 0 Å². The fourth-order valence-electron chi connectivity index (χ4n) is 3.92. The Bertz CT molecular complexity index is 520. The van der Waals surface area contributed by atoms with Crippen molar-refractivity contribution in [1.29, 1.82) is 0 Å². The minimum absolute atomic E-state index is 0.0876. The van der Waals surface area contributed by atoms with E-state index in [1.165, 1.54) is 25.7 Å². The minimum Gasteiger partial charge on any atom is -0.371 e. The zero-order chi connectivity index (χ0) is 15.0. The van der Waals surface area contributed by atoms with Crippen LogP contribution >= 0.6 is 0 Å². The summed E-state index contributed by atoms with van der Waals surface area (Å²) in [4.78, 5) is 2.37. The van der Waals surface area contributed by atoms with Crippen LogP contribution in [0.2, 0.25) is 0 Å². The number of hydrogen-bond acceptors (Lipinski definition) is 5. The summed E-state index contributed by atoms with van der Waals surface area (Å²) < 4.78 is 14.2. The molecule has 3 heterocycles. The van der Waals surface area contributed by atoms with Gasteiger partial charge < -0.3 is 14.4 Å². The summed E-state index contributed by atoms with van der Waals surface area (Å²) in [5.41, 5.74) is 0.0876. The lowest BCUT2D eigenvalue weighted by atomic mass is 9.79. The van der Waals surface area contributed by atoms with Gasteiger partial charge in [0.25, 0.3) is 0 Å². The molecule has 6 nitrogen and oxygen atoms in total. The SMILES string of the molecule is CCn1c(C2CCCCO2)nnc1N1CCOC2(CCC2)C1. The number of nitrogens with zero attached hydrogens (tertiary/aromatic N) is 4. The maximum absolute atomic E-state index is 6.03. The average Bonchev–Trinajstić information content (AvgIpc) is 2.98. The largest absolute Gasteiger partial charge is 0.371 e. The van der Waals surface area contributed by atoms with E-state index >= 15 is 0 Å². The molecule has 1 aromatic heterocycles. The van der Waals surface area contributed by atoms with Crippen LogP contribution in [0.1, 0.15) is 57.4 Å². The van der Waals surface area contributed by atoms with Gasteiger partial charge in [0.05, 0.1) is 12.2 Å². The Morgan fingerprint density at radius 3 is 2.77 bits per heavy atom. The molecule has 1 atom stereocenters. The number of hydrogen-bond donors (Lipinski definition) is 0. The van der Waals surface area contributed by atoms with E-state index in [-0.39, 0.29) is 11.7 Å². The van der Waals surface area contributed by atoms with Crippen LogP contribution in [-0.4, -0.2) is 46.7 Å². The smallest absolute Gasteiger partial charge is 0.227 e. The molecule has 1 aliphatic carbocycles. The Balaban J connectivity index is 1.57. The lowest BCUT2D eigenvalue weighted by Crippen LogP contribution is -2.56. The van der Waals surface area contributed by atoms with Crippen molar-refractivity contribution in [2.45, 2.75) is 63.7 Å². The number of anilines is 1. The maximum atomic E-state index is 6.03. The number of morpholine rings is 1. The van der Waals surface area contributed by atoms with Crippen LogP contribution < -0.4 is 4.90 Å². The monoisotopic (exact) mass is 306 g/mol. The van der Waals surface area contributed by atoms with Gasteiger partial charge in [-0.25, -0.2) is 0 Å². The molecule has 1 unspecified atom stereocenters. The van der Waals surface area contributed by atoms with Crippen LogP contribution in [0.3, 0.4) is 0 Å². The molecule has 2 saturated heterocycles. The molecule has 3 aliphatic rings. The van der Waals surface area contributed by atoms with Crippen LogP contribution in [0.25, 0.3) is 0 Å². The normalized spacial score (nSPS) is 27.9. The van der Waals surface area contributed by atoms with Crippen LogP contribution in [-0.2, 0) is 16.0 Å². The molecule has 1 spiro atoms. The molecule has 6 heteroatoms. The van der Waals surface area contributed by atoms with E-state index in [1.807, 2.05) is 0 Å². The van der Waals surface area contributed by atoms with Crippen molar-refractivity contribution < 1.29 is 9.47 Å². The van der Waals surface area contributed by atoms with Gasteiger partial charge in [-0.1, -0.05) is 0 Å². The van der Waals surface area contributed by atoms with Gasteiger partial charge in [-0.05, 0) is 45.4 Å². The molecule has 1 saturated carbocycles. The molecule has 0 bridgehead atoms. The van der Waals surface area contributed by atoms with E-state index in [2.05, 4.69) is 26.6 Å². The predicted molar refractivity (Wildman–Crippen MR) is 83.0 cm³/mol. The second kappa shape index (κ2) is 5.81. The molecule has 122 valence electrons. The number of rotatable bonds is 3. The van der Waals surface area contributed by atoms with Gasteiger partial charge in [0.15, 0.2) is 5.82 Å². The minimum atomic E-state index is 0.0876. The first-order valence-electron chi connectivity index (χ1n) is 8.75. The Kier molecular flexibility index (Phi) is 3.82. The van der Waals surface area contributed by atoms with E-state index in [1.54, 1.807) is 0 Å². The number of aromatic nitrogens is 3.